The maximum atomic E-state index is 10.9. The summed E-state index contributed by atoms with van der Waals surface area (Å²) >= 11 is 0. The molecule has 0 amide bonds. The number of ether oxygens (including phenoxy) is 2. The molecule has 0 aliphatic heterocycles. The average Bonchev–Trinajstić information content (AvgIpc) is 2.28. The molecular formula is C14H26NO4+. The van der Waals surface area contributed by atoms with E-state index in [0.717, 1.165) is 17.1 Å². The van der Waals surface area contributed by atoms with E-state index in [2.05, 4.69) is 39.0 Å². The molecule has 0 unspecified atom stereocenters. The zero-order chi connectivity index (χ0) is 15.5. The number of nitrogens with zero attached hydrogens (tertiary/aromatic N) is 1. The second kappa shape index (κ2) is 10.3. The molecule has 0 saturated heterocycles. The van der Waals surface area contributed by atoms with Gasteiger partial charge in [-0.05, 0) is 13.8 Å². The Bertz CT molecular complexity index is 316. The molecule has 19 heavy (non-hydrogen) atoms. The van der Waals surface area contributed by atoms with Gasteiger partial charge in [-0.15, -0.1) is 0 Å². The number of carbonyl (C=O) groups excluding carboxylic acids is 2. The third-order valence-corrected chi connectivity index (χ3v) is 1.80. The first-order valence-corrected chi connectivity index (χ1v) is 6.06. The van der Waals surface area contributed by atoms with Crippen LogP contribution >= 0.6 is 0 Å². The lowest BCUT2D eigenvalue weighted by Gasteiger charge is -2.23. The molecule has 0 bridgehead atoms. The van der Waals surface area contributed by atoms with Gasteiger partial charge in [0.25, 0.3) is 0 Å². The fourth-order valence-corrected chi connectivity index (χ4v) is 0.737. The Labute approximate surface area is 116 Å². The molecule has 0 aromatic carbocycles. The van der Waals surface area contributed by atoms with Gasteiger partial charge >= 0.3 is 11.9 Å². The van der Waals surface area contributed by atoms with Crippen molar-refractivity contribution >= 4 is 11.9 Å². The van der Waals surface area contributed by atoms with Crippen LogP contribution in [0.3, 0.4) is 0 Å². The molecule has 5 nitrogen and oxygen atoms in total. The number of likely N-dealkylation sites (N-methyl/N-ethyl adjacent to an activating group) is 1. The molecule has 0 heterocycles. The molecule has 0 N–H and O–H groups in total. The second-order valence-corrected chi connectivity index (χ2v) is 4.89. The Balaban J connectivity index is 0. The van der Waals surface area contributed by atoms with Crippen LogP contribution in [0.1, 0.15) is 13.8 Å². The first-order chi connectivity index (χ1) is 8.64. The van der Waals surface area contributed by atoms with E-state index in [4.69, 9.17) is 4.74 Å². The van der Waals surface area contributed by atoms with Gasteiger partial charge in [-0.1, -0.05) is 13.2 Å². The number of carbonyl (C=O) groups is 2. The molecule has 0 spiro atoms. The van der Waals surface area contributed by atoms with Crippen LogP contribution in [-0.2, 0) is 19.1 Å². The second-order valence-electron chi connectivity index (χ2n) is 4.89. The molecular weight excluding hydrogens is 246 g/mol. The van der Waals surface area contributed by atoms with Crippen LogP contribution in [0.5, 0.6) is 0 Å². The minimum Gasteiger partial charge on any atom is -0.463 e. The van der Waals surface area contributed by atoms with E-state index >= 15 is 0 Å². The van der Waals surface area contributed by atoms with E-state index in [1.165, 1.54) is 0 Å². The lowest BCUT2D eigenvalue weighted by molar-refractivity contribution is -0.870. The van der Waals surface area contributed by atoms with Crippen molar-refractivity contribution in [3.63, 3.8) is 0 Å². The summed E-state index contributed by atoms with van der Waals surface area (Å²) in [5.41, 5.74) is 0.455. The minimum absolute atomic E-state index is 0.302. The predicted octanol–water partition coefficient (Wildman–Crippen LogP) is 1.55. The third-order valence-electron chi connectivity index (χ3n) is 1.80. The molecule has 0 aromatic heterocycles. The molecule has 0 aliphatic carbocycles. The highest BCUT2D eigenvalue weighted by atomic mass is 16.5. The largest absolute Gasteiger partial charge is 0.463 e. The minimum atomic E-state index is -0.359. The highest BCUT2D eigenvalue weighted by Crippen LogP contribution is 1.94. The summed E-state index contributed by atoms with van der Waals surface area (Å²) in [5, 5.41) is 0. The van der Waals surface area contributed by atoms with Gasteiger partial charge in [0, 0.05) is 11.6 Å². The van der Waals surface area contributed by atoms with Crippen molar-refractivity contribution in [2.45, 2.75) is 13.8 Å². The SMILES string of the molecule is C=C(C)C(=O)OCC[N+](C)(C)C.C=CC(=O)OCC. The smallest absolute Gasteiger partial charge is 0.333 e. The summed E-state index contributed by atoms with van der Waals surface area (Å²) < 4.78 is 10.2. The van der Waals surface area contributed by atoms with Gasteiger partial charge < -0.3 is 14.0 Å². The van der Waals surface area contributed by atoms with Crippen molar-refractivity contribution in [2.24, 2.45) is 0 Å². The van der Waals surface area contributed by atoms with Crippen LogP contribution in [0.25, 0.3) is 0 Å². The molecule has 0 atom stereocenters. The van der Waals surface area contributed by atoms with Gasteiger partial charge in [0.05, 0.1) is 27.7 Å². The highest BCUT2D eigenvalue weighted by molar-refractivity contribution is 5.86. The molecule has 5 heteroatoms. The summed E-state index contributed by atoms with van der Waals surface area (Å²) in [6.45, 7) is 11.8. The number of esters is 2. The zero-order valence-corrected chi connectivity index (χ0v) is 12.7. The van der Waals surface area contributed by atoms with Crippen LogP contribution in [0.2, 0.25) is 0 Å². The molecule has 0 saturated carbocycles. The van der Waals surface area contributed by atoms with Gasteiger partial charge in [-0.25, -0.2) is 9.59 Å². The van der Waals surface area contributed by atoms with Crippen molar-refractivity contribution in [3.05, 3.63) is 24.8 Å². The van der Waals surface area contributed by atoms with Gasteiger partial charge in [0.1, 0.15) is 13.2 Å². The van der Waals surface area contributed by atoms with Crippen LogP contribution in [-0.4, -0.2) is 57.3 Å². The van der Waals surface area contributed by atoms with E-state index in [-0.39, 0.29) is 11.9 Å². The molecule has 110 valence electrons. The van der Waals surface area contributed by atoms with E-state index in [1.54, 1.807) is 13.8 Å². The first-order valence-electron chi connectivity index (χ1n) is 6.06. The number of hydrogen-bond donors (Lipinski definition) is 0. The fraction of sp³-hybridized carbons (Fsp3) is 0.571. The number of hydrogen-bond acceptors (Lipinski definition) is 4. The topological polar surface area (TPSA) is 52.6 Å². The third kappa shape index (κ3) is 16.4. The molecule has 0 fully saturated rings. The van der Waals surface area contributed by atoms with Crippen LogP contribution in [0, 0.1) is 0 Å². The summed E-state index contributed by atoms with van der Waals surface area (Å²) in [7, 11) is 6.15. The monoisotopic (exact) mass is 272 g/mol. The Morgan fingerprint density at radius 2 is 1.74 bits per heavy atom. The van der Waals surface area contributed by atoms with Crippen molar-refractivity contribution < 1.29 is 23.5 Å². The van der Waals surface area contributed by atoms with E-state index in [9.17, 15) is 9.59 Å². The van der Waals surface area contributed by atoms with Crippen molar-refractivity contribution in [1.82, 2.24) is 0 Å². The Morgan fingerprint density at radius 3 is 2.00 bits per heavy atom. The highest BCUT2D eigenvalue weighted by Gasteiger charge is 2.09. The van der Waals surface area contributed by atoms with E-state index in [0.29, 0.717) is 18.8 Å². The van der Waals surface area contributed by atoms with Crippen LogP contribution in [0.4, 0.5) is 0 Å². The first kappa shape index (κ1) is 19.7. The molecule has 0 rings (SSSR count). The van der Waals surface area contributed by atoms with Gasteiger partial charge in [-0.3, -0.25) is 0 Å². The lowest BCUT2D eigenvalue weighted by Crippen LogP contribution is -2.38. The summed E-state index contributed by atoms with van der Waals surface area (Å²) in [6.07, 6.45) is 1.14. The fourth-order valence-electron chi connectivity index (χ4n) is 0.737. The van der Waals surface area contributed by atoms with Gasteiger partial charge in [-0.2, -0.15) is 0 Å². The van der Waals surface area contributed by atoms with Crippen LogP contribution < -0.4 is 0 Å². The quantitative estimate of drug-likeness (QED) is 0.418. The normalized spacial score (nSPS) is 9.74. The molecule has 0 aromatic rings. The summed E-state index contributed by atoms with van der Waals surface area (Å²) in [5.74, 6) is -0.661. The number of rotatable bonds is 6. The number of quaternary nitrogens is 1. The van der Waals surface area contributed by atoms with Crippen LogP contribution in [0.15, 0.2) is 24.8 Å². The molecule has 0 aliphatic rings. The lowest BCUT2D eigenvalue weighted by atomic mass is 10.4. The zero-order valence-electron chi connectivity index (χ0n) is 12.7. The van der Waals surface area contributed by atoms with Gasteiger partial charge in [0.15, 0.2) is 0 Å². The Morgan fingerprint density at radius 1 is 1.21 bits per heavy atom. The summed E-state index contributed by atoms with van der Waals surface area (Å²) in [6, 6.07) is 0. The Hall–Kier alpha value is -1.62. The maximum Gasteiger partial charge on any atom is 0.333 e. The van der Waals surface area contributed by atoms with Crippen molar-refractivity contribution in [1.29, 1.82) is 0 Å². The summed E-state index contributed by atoms with van der Waals surface area (Å²) in [4.78, 5) is 21.0. The molecule has 0 radical (unpaired) electrons. The predicted molar refractivity (Wildman–Crippen MR) is 75.5 cm³/mol. The van der Waals surface area contributed by atoms with E-state index in [1.807, 2.05) is 0 Å². The van der Waals surface area contributed by atoms with E-state index < -0.39 is 0 Å². The Kier molecular flexibility index (Phi) is 10.7. The van der Waals surface area contributed by atoms with Gasteiger partial charge in [0.2, 0.25) is 0 Å². The standard InChI is InChI=1S/C9H18NO2.C5H8O2/c1-8(2)9(11)12-7-6-10(3,4)5;1-3-5(6)7-4-2/h1,6-7H2,2-5H3;3H,1,4H2,2H3/q+1;. The van der Waals surface area contributed by atoms with Crippen molar-refractivity contribution in [3.8, 4) is 0 Å². The van der Waals surface area contributed by atoms with Crippen molar-refractivity contribution in [2.75, 3.05) is 40.9 Å². The maximum absolute atomic E-state index is 10.9. The average molecular weight is 272 g/mol.